The zero-order chi connectivity index (χ0) is 19.2. The summed E-state index contributed by atoms with van der Waals surface area (Å²) >= 11 is 6.33. The summed E-state index contributed by atoms with van der Waals surface area (Å²) in [6.07, 6.45) is 0.0653. The number of benzene rings is 2. The number of anilines is 1. The molecule has 3 N–H and O–H groups in total. The van der Waals surface area contributed by atoms with Crippen molar-refractivity contribution in [2.75, 3.05) is 31.6 Å². The van der Waals surface area contributed by atoms with Crippen molar-refractivity contribution < 1.29 is 9.13 Å². The van der Waals surface area contributed by atoms with Gasteiger partial charge in [0.1, 0.15) is 5.82 Å². The Kier molecular flexibility index (Phi) is 8.94. The van der Waals surface area contributed by atoms with E-state index in [4.69, 9.17) is 22.1 Å². The van der Waals surface area contributed by atoms with Crippen LogP contribution in [0.25, 0.3) is 0 Å². The molecule has 1 saturated heterocycles. The number of rotatable bonds is 5. The van der Waals surface area contributed by atoms with Crippen molar-refractivity contribution in [3.8, 4) is 0 Å². The summed E-state index contributed by atoms with van der Waals surface area (Å²) in [4.78, 5) is 6.60. The lowest BCUT2D eigenvalue weighted by atomic mass is 10.0. The number of hydrogen-bond donors (Lipinski definition) is 2. The van der Waals surface area contributed by atoms with Gasteiger partial charge in [-0.05, 0) is 31.2 Å². The first-order valence-corrected chi connectivity index (χ1v) is 9.34. The molecule has 5 nitrogen and oxygen atoms in total. The molecule has 0 spiro atoms. The van der Waals surface area contributed by atoms with E-state index >= 15 is 0 Å². The molecule has 2 aromatic carbocycles. The van der Waals surface area contributed by atoms with Crippen LogP contribution in [-0.2, 0) is 4.74 Å². The van der Waals surface area contributed by atoms with Crippen LogP contribution in [0.15, 0.2) is 53.5 Å². The minimum absolute atomic E-state index is 0. The third-order valence-electron chi connectivity index (χ3n) is 4.53. The van der Waals surface area contributed by atoms with E-state index in [9.17, 15) is 4.39 Å². The average molecular weight is 519 g/mol. The maximum Gasteiger partial charge on any atom is 0.193 e. The lowest BCUT2D eigenvalue weighted by Crippen LogP contribution is -2.44. The number of nitrogens with zero attached hydrogens (tertiary/aromatic N) is 2. The zero-order valence-corrected chi connectivity index (χ0v) is 18.7. The minimum atomic E-state index is -0.337. The molecule has 2 unspecified atom stereocenters. The van der Waals surface area contributed by atoms with Crippen molar-refractivity contribution >= 4 is 47.2 Å². The number of guanidine groups is 1. The van der Waals surface area contributed by atoms with Crippen molar-refractivity contribution in [2.45, 2.75) is 19.1 Å². The Bertz CT molecular complexity index is 773. The number of hydrogen-bond acceptors (Lipinski definition) is 3. The third kappa shape index (κ3) is 6.04. The molecule has 1 aliphatic rings. The van der Waals surface area contributed by atoms with Crippen LogP contribution in [-0.4, -0.2) is 43.2 Å². The Morgan fingerprint density at radius 1 is 1.32 bits per heavy atom. The Morgan fingerprint density at radius 3 is 2.75 bits per heavy atom. The molecular weight excluding hydrogens is 494 g/mol. The summed E-state index contributed by atoms with van der Waals surface area (Å²) in [5.41, 5.74) is 7.33. The summed E-state index contributed by atoms with van der Waals surface area (Å²) in [5.74, 6) is -0.0589. The van der Waals surface area contributed by atoms with Crippen LogP contribution < -0.4 is 11.1 Å². The molecule has 0 saturated carbocycles. The van der Waals surface area contributed by atoms with Crippen molar-refractivity contribution in [3.63, 3.8) is 0 Å². The molecule has 152 valence electrons. The van der Waals surface area contributed by atoms with Gasteiger partial charge in [0.05, 0.1) is 25.3 Å². The molecule has 1 heterocycles. The van der Waals surface area contributed by atoms with E-state index in [-0.39, 0.29) is 47.9 Å². The first-order valence-electron chi connectivity index (χ1n) is 8.96. The predicted octanol–water partition coefficient (Wildman–Crippen LogP) is 4.29. The van der Waals surface area contributed by atoms with E-state index in [1.54, 1.807) is 12.1 Å². The molecule has 0 aliphatic carbocycles. The van der Waals surface area contributed by atoms with Gasteiger partial charge in [-0.25, -0.2) is 4.39 Å². The number of para-hydroxylation sites is 1. The van der Waals surface area contributed by atoms with Crippen LogP contribution in [0.3, 0.4) is 0 Å². The van der Waals surface area contributed by atoms with Gasteiger partial charge in [-0.3, -0.25) is 9.89 Å². The van der Waals surface area contributed by atoms with E-state index < -0.39 is 0 Å². The molecule has 2 atom stereocenters. The van der Waals surface area contributed by atoms with Gasteiger partial charge < -0.3 is 15.8 Å². The highest BCUT2D eigenvalue weighted by atomic mass is 127. The number of morpholine rings is 1. The SMILES string of the molecule is CC1CN(C(CN=C(N)Nc2ccccc2)c2c(F)cccc2Cl)CCO1.I. The zero-order valence-electron chi connectivity index (χ0n) is 15.6. The topological polar surface area (TPSA) is 62.9 Å². The van der Waals surface area contributed by atoms with Gasteiger partial charge in [-0.15, -0.1) is 24.0 Å². The van der Waals surface area contributed by atoms with E-state index in [2.05, 4.69) is 15.2 Å². The van der Waals surface area contributed by atoms with E-state index in [1.165, 1.54) is 6.07 Å². The largest absolute Gasteiger partial charge is 0.376 e. The average Bonchev–Trinajstić information content (AvgIpc) is 2.65. The van der Waals surface area contributed by atoms with Crippen LogP contribution in [0.2, 0.25) is 5.02 Å². The van der Waals surface area contributed by atoms with Crippen molar-refractivity contribution in [1.29, 1.82) is 0 Å². The third-order valence-corrected chi connectivity index (χ3v) is 4.86. The minimum Gasteiger partial charge on any atom is -0.376 e. The first kappa shape index (κ1) is 22.9. The Labute approximate surface area is 187 Å². The van der Waals surface area contributed by atoms with Crippen LogP contribution >= 0.6 is 35.6 Å². The second-order valence-electron chi connectivity index (χ2n) is 6.54. The fraction of sp³-hybridized carbons (Fsp3) is 0.350. The second-order valence-corrected chi connectivity index (χ2v) is 6.95. The lowest BCUT2D eigenvalue weighted by Gasteiger charge is -2.37. The van der Waals surface area contributed by atoms with Gasteiger partial charge >= 0.3 is 0 Å². The van der Waals surface area contributed by atoms with Gasteiger partial charge in [0.25, 0.3) is 0 Å². The van der Waals surface area contributed by atoms with Crippen LogP contribution in [0.5, 0.6) is 0 Å². The Morgan fingerprint density at radius 2 is 2.07 bits per heavy atom. The smallest absolute Gasteiger partial charge is 0.193 e. The highest BCUT2D eigenvalue weighted by molar-refractivity contribution is 14.0. The quantitative estimate of drug-likeness (QED) is 0.352. The van der Waals surface area contributed by atoms with E-state index in [0.29, 0.717) is 36.8 Å². The molecule has 28 heavy (non-hydrogen) atoms. The standard InChI is InChI=1S/C20H24ClFN4O.HI/c1-14-13-26(10-11-27-14)18(19-16(21)8-5-9-17(19)22)12-24-20(23)25-15-6-3-2-4-7-15;/h2-9,14,18H,10-13H2,1H3,(H3,23,24,25);1H. The molecule has 8 heteroatoms. The molecule has 0 amide bonds. The highest BCUT2D eigenvalue weighted by Gasteiger charge is 2.29. The summed E-state index contributed by atoms with van der Waals surface area (Å²) in [7, 11) is 0. The van der Waals surface area contributed by atoms with Gasteiger partial charge in [0.2, 0.25) is 0 Å². The van der Waals surface area contributed by atoms with Gasteiger partial charge in [0.15, 0.2) is 5.96 Å². The molecule has 0 bridgehead atoms. The van der Waals surface area contributed by atoms with Gasteiger partial charge in [0, 0.05) is 29.4 Å². The summed E-state index contributed by atoms with van der Waals surface area (Å²) in [6, 6.07) is 14.0. The van der Waals surface area contributed by atoms with Crippen molar-refractivity contribution in [3.05, 3.63) is 64.9 Å². The van der Waals surface area contributed by atoms with Crippen molar-refractivity contribution in [2.24, 2.45) is 10.7 Å². The van der Waals surface area contributed by atoms with Crippen LogP contribution in [0.4, 0.5) is 10.1 Å². The normalized spacial score (nSPS) is 19.0. The molecule has 1 aliphatic heterocycles. The number of ether oxygens (including phenoxy) is 1. The Hall–Kier alpha value is -1.42. The Balaban J connectivity index is 0.00000280. The number of nitrogens with one attached hydrogen (secondary N) is 1. The molecule has 3 rings (SSSR count). The summed E-state index contributed by atoms with van der Waals surface area (Å²) < 4.78 is 20.2. The number of aliphatic imine (C=N–C) groups is 1. The predicted molar refractivity (Wildman–Crippen MR) is 123 cm³/mol. The molecule has 1 fully saturated rings. The monoisotopic (exact) mass is 518 g/mol. The maximum atomic E-state index is 14.6. The van der Waals surface area contributed by atoms with Crippen molar-refractivity contribution in [1.82, 2.24) is 4.90 Å². The summed E-state index contributed by atoms with van der Waals surface area (Å²) in [5, 5.41) is 3.44. The summed E-state index contributed by atoms with van der Waals surface area (Å²) in [6.45, 7) is 4.24. The van der Waals surface area contributed by atoms with Gasteiger partial charge in [-0.2, -0.15) is 0 Å². The maximum absolute atomic E-state index is 14.6. The highest BCUT2D eigenvalue weighted by Crippen LogP contribution is 2.31. The van der Waals surface area contributed by atoms with Gasteiger partial charge in [-0.1, -0.05) is 35.9 Å². The molecular formula is C20H25ClFIN4O. The molecule has 0 aromatic heterocycles. The fourth-order valence-corrected chi connectivity index (χ4v) is 3.53. The van der Waals surface area contributed by atoms with Crippen LogP contribution in [0.1, 0.15) is 18.5 Å². The first-order chi connectivity index (χ1) is 13.0. The number of nitrogens with two attached hydrogens (primary N) is 1. The number of halogens is 3. The molecule has 0 radical (unpaired) electrons. The lowest BCUT2D eigenvalue weighted by molar-refractivity contribution is -0.0336. The second kappa shape index (κ2) is 10.9. The fourth-order valence-electron chi connectivity index (χ4n) is 3.24. The van der Waals surface area contributed by atoms with Crippen LogP contribution in [0, 0.1) is 5.82 Å². The molecule has 2 aromatic rings. The van der Waals surface area contributed by atoms with E-state index in [0.717, 1.165) is 5.69 Å². The van der Waals surface area contributed by atoms with E-state index in [1.807, 2.05) is 37.3 Å².